The van der Waals surface area contributed by atoms with Gasteiger partial charge in [-0.1, -0.05) is 18.2 Å². The zero-order valence-electron chi connectivity index (χ0n) is 15.2. The summed E-state index contributed by atoms with van der Waals surface area (Å²) in [5, 5.41) is 7.32. The average Bonchev–Trinajstić information content (AvgIpc) is 3.13. The van der Waals surface area contributed by atoms with Crippen molar-refractivity contribution in [3.8, 4) is 11.3 Å². The number of ether oxygens (including phenoxy) is 1. The summed E-state index contributed by atoms with van der Waals surface area (Å²) in [6.45, 7) is 1.57. The van der Waals surface area contributed by atoms with E-state index in [1.165, 1.54) is 0 Å². The minimum Gasteiger partial charge on any atom is -0.456 e. The van der Waals surface area contributed by atoms with Crippen LogP contribution in [0.25, 0.3) is 22.3 Å². The number of fused-ring (bicyclic) bond motifs is 1. The Bertz CT molecular complexity index is 882. The molecule has 0 atom stereocenters. The van der Waals surface area contributed by atoms with Gasteiger partial charge in [0.1, 0.15) is 16.9 Å². The summed E-state index contributed by atoms with van der Waals surface area (Å²) >= 11 is 0. The first kappa shape index (κ1) is 19.4. The van der Waals surface area contributed by atoms with Gasteiger partial charge in [0.05, 0.1) is 0 Å². The molecule has 0 spiro atoms. The van der Waals surface area contributed by atoms with E-state index in [1.54, 1.807) is 7.11 Å². The Balaban J connectivity index is 0.00000210. The third-order valence-corrected chi connectivity index (χ3v) is 5.07. The molecule has 2 heterocycles. The monoisotopic (exact) mass is 386 g/mol. The molecule has 5 nitrogen and oxygen atoms in total. The molecule has 0 unspecified atom stereocenters. The molecule has 1 aliphatic heterocycles. The summed E-state index contributed by atoms with van der Waals surface area (Å²) in [4.78, 5) is 12.7. The van der Waals surface area contributed by atoms with Gasteiger partial charge >= 0.3 is 0 Å². The van der Waals surface area contributed by atoms with Gasteiger partial charge in [-0.15, -0.1) is 12.4 Å². The topological polar surface area (TPSA) is 63.5 Å². The summed E-state index contributed by atoms with van der Waals surface area (Å²) in [5.41, 5.74) is 1.85. The second-order valence-corrected chi connectivity index (χ2v) is 6.63. The molecule has 1 aromatic heterocycles. The van der Waals surface area contributed by atoms with Gasteiger partial charge in [-0.2, -0.15) is 0 Å². The largest absolute Gasteiger partial charge is 0.456 e. The standard InChI is InChI=1S/C21H22N2O3.ClH/c1-25-21(10-12-22-13-11-21)20(24)23-17-8-6-15(7-9-17)19-14-16-4-2-3-5-18(16)26-19;/h2-9,14,22H,10-13H2,1H3,(H,23,24);1H. The minimum absolute atomic E-state index is 0. The summed E-state index contributed by atoms with van der Waals surface area (Å²) in [6.07, 6.45) is 1.35. The van der Waals surface area contributed by atoms with Crippen LogP contribution >= 0.6 is 12.4 Å². The molecule has 4 rings (SSSR count). The Hall–Kier alpha value is -2.34. The highest BCUT2D eigenvalue weighted by atomic mass is 35.5. The molecule has 27 heavy (non-hydrogen) atoms. The van der Waals surface area contributed by atoms with Crippen LogP contribution in [-0.2, 0) is 9.53 Å². The van der Waals surface area contributed by atoms with Crippen molar-refractivity contribution in [2.45, 2.75) is 18.4 Å². The molecule has 1 saturated heterocycles. The van der Waals surface area contributed by atoms with Crippen LogP contribution in [-0.4, -0.2) is 31.7 Å². The number of para-hydroxylation sites is 1. The van der Waals surface area contributed by atoms with Crippen molar-refractivity contribution in [3.63, 3.8) is 0 Å². The van der Waals surface area contributed by atoms with E-state index in [-0.39, 0.29) is 18.3 Å². The number of halogens is 1. The number of furan rings is 1. The van der Waals surface area contributed by atoms with Gasteiger partial charge in [0.2, 0.25) is 0 Å². The normalized spacial score (nSPS) is 15.9. The number of hydrogen-bond acceptors (Lipinski definition) is 4. The van der Waals surface area contributed by atoms with Gasteiger partial charge < -0.3 is 19.8 Å². The minimum atomic E-state index is -0.747. The molecular weight excluding hydrogens is 364 g/mol. The molecule has 142 valence electrons. The van der Waals surface area contributed by atoms with Gasteiger partial charge in [0.15, 0.2) is 0 Å². The smallest absolute Gasteiger partial charge is 0.256 e. The van der Waals surface area contributed by atoms with Gasteiger partial charge in [-0.3, -0.25) is 4.79 Å². The summed E-state index contributed by atoms with van der Waals surface area (Å²) in [7, 11) is 1.61. The van der Waals surface area contributed by atoms with Crippen LogP contribution in [0.1, 0.15) is 12.8 Å². The molecule has 1 aliphatic rings. The number of hydrogen-bond donors (Lipinski definition) is 2. The lowest BCUT2D eigenvalue weighted by Crippen LogP contribution is -2.51. The highest BCUT2D eigenvalue weighted by molar-refractivity contribution is 5.97. The van der Waals surface area contributed by atoms with Crippen LogP contribution in [0.4, 0.5) is 5.69 Å². The summed E-state index contributed by atoms with van der Waals surface area (Å²) in [5.74, 6) is 0.730. The first-order valence-corrected chi connectivity index (χ1v) is 8.87. The van der Waals surface area contributed by atoms with Crippen molar-refractivity contribution >= 4 is 35.0 Å². The highest BCUT2D eigenvalue weighted by Crippen LogP contribution is 2.29. The van der Waals surface area contributed by atoms with E-state index < -0.39 is 5.60 Å². The van der Waals surface area contributed by atoms with Gasteiger partial charge in [0.25, 0.3) is 5.91 Å². The van der Waals surface area contributed by atoms with Crippen LogP contribution in [0.5, 0.6) is 0 Å². The Labute approximate surface area is 164 Å². The molecule has 3 aromatic rings. The predicted octanol–water partition coefficient (Wildman–Crippen LogP) is 4.23. The molecular formula is C21H23ClN2O3. The number of benzene rings is 2. The second-order valence-electron chi connectivity index (χ2n) is 6.63. The summed E-state index contributed by atoms with van der Waals surface area (Å²) < 4.78 is 11.5. The SMILES string of the molecule is COC1(C(=O)Nc2ccc(-c3cc4ccccc4o3)cc2)CCNCC1.Cl. The van der Waals surface area contributed by atoms with E-state index in [0.717, 1.165) is 41.1 Å². The first-order chi connectivity index (χ1) is 12.7. The number of rotatable bonds is 4. The molecule has 0 saturated carbocycles. The van der Waals surface area contributed by atoms with E-state index in [1.807, 2.05) is 54.6 Å². The van der Waals surface area contributed by atoms with Gasteiger partial charge in [-0.25, -0.2) is 0 Å². The predicted molar refractivity (Wildman–Crippen MR) is 109 cm³/mol. The van der Waals surface area contributed by atoms with Crippen LogP contribution in [0.15, 0.2) is 59.0 Å². The number of methoxy groups -OCH3 is 1. The Kier molecular flexibility index (Phi) is 5.85. The third kappa shape index (κ3) is 3.86. The van der Waals surface area contributed by atoms with E-state index in [9.17, 15) is 4.79 Å². The molecule has 2 aromatic carbocycles. The number of amides is 1. The number of anilines is 1. The Morgan fingerprint density at radius 3 is 2.48 bits per heavy atom. The van der Waals surface area contributed by atoms with Gasteiger partial charge in [-0.05, 0) is 62.3 Å². The zero-order valence-corrected chi connectivity index (χ0v) is 16.0. The van der Waals surface area contributed by atoms with Crippen molar-refractivity contribution in [3.05, 3.63) is 54.6 Å². The number of piperidine rings is 1. The fourth-order valence-electron chi connectivity index (χ4n) is 3.44. The van der Waals surface area contributed by atoms with E-state index in [2.05, 4.69) is 10.6 Å². The molecule has 0 aliphatic carbocycles. The average molecular weight is 387 g/mol. The molecule has 1 fully saturated rings. The molecule has 0 bridgehead atoms. The van der Waals surface area contributed by atoms with Crippen LogP contribution in [0.2, 0.25) is 0 Å². The van der Waals surface area contributed by atoms with Gasteiger partial charge in [0, 0.05) is 23.7 Å². The second kappa shape index (κ2) is 8.13. The maximum Gasteiger partial charge on any atom is 0.256 e. The lowest BCUT2D eigenvalue weighted by Gasteiger charge is -2.34. The van der Waals surface area contributed by atoms with Crippen molar-refractivity contribution in [2.75, 3.05) is 25.5 Å². The van der Waals surface area contributed by atoms with Crippen LogP contribution in [0.3, 0.4) is 0 Å². The lowest BCUT2D eigenvalue weighted by molar-refractivity contribution is -0.140. The molecule has 1 amide bonds. The zero-order chi connectivity index (χ0) is 18.0. The maximum absolute atomic E-state index is 12.7. The van der Waals surface area contributed by atoms with Crippen molar-refractivity contribution in [1.29, 1.82) is 0 Å². The lowest BCUT2D eigenvalue weighted by atomic mass is 9.91. The van der Waals surface area contributed by atoms with Crippen molar-refractivity contribution in [2.24, 2.45) is 0 Å². The van der Waals surface area contributed by atoms with Crippen molar-refractivity contribution < 1.29 is 13.9 Å². The number of nitrogens with one attached hydrogen (secondary N) is 2. The number of carbonyl (C=O) groups excluding carboxylic acids is 1. The number of carbonyl (C=O) groups is 1. The first-order valence-electron chi connectivity index (χ1n) is 8.87. The molecule has 0 radical (unpaired) electrons. The molecule has 2 N–H and O–H groups in total. The summed E-state index contributed by atoms with van der Waals surface area (Å²) in [6, 6.07) is 17.7. The highest BCUT2D eigenvalue weighted by Gasteiger charge is 2.39. The van der Waals surface area contributed by atoms with Crippen LogP contribution in [0, 0.1) is 0 Å². The van der Waals surface area contributed by atoms with E-state index in [4.69, 9.17) is 9.15 Å². The maximum atomic E-state index is 12.7. The fraction of sp³-hybridized carbons (Fsp3) is 0.286. The molecule has 6 heteroatoms. The Morgan fingerprint density at radius 1 is 1.11 bits per heavy atom. The third-order valence-electron chi connectivity index (χ3n) is 5.07. The van der Waals surface area contributed by atoms with E-state index in [0.29, 0.717) is 12.8 Å². The van der Waals surface area contributed by atoms with Crippen LogP contribution < -0.4 is 10.6 Å². The van der Waals surface area contributed by atoms with E-state index >= 15 is 0 Å². The fourth-order valence-corrected chi connectivity index (χ4v) is 3.44. The quantitative estimate of drug-likeness (QED) is 0.704. The van der Waals surface area contributed by atoms with Crippen molar-refractivity contribution in [1.82, 2.24) is 5.32 Å². The Morgan fingerprint density at radius 2 is 1.81 bits per heavy atom.